The largest absolute Gasteiger partial charge is 0.467 e. The van der Waals surface area contributed by atoms with Gasteiger partial charge in [0.1, 0.15) is 6.04 Å². The highest BCUT2D eigenvalue weighted by Crippen LogP contribution is 2.24. The van der Waals surface area contributed by atoms with Crippen molar-refractivity contribution in [1.82, 2.24) is 9.88 Å². The molecular formula is C16H18N2O3. The lowest BCUT2D eigenvalue weighted by Crippen LogP contribution is -2.48. The van der Waals surface area contributed by atoms with Gasteiger partial charge in [0.15, 0.2) is 0 Å². The highest BCUT2D eigenvalue weighted by molar-refractivity contribution is 6.07. The summed E-state index contributed by atoms with van der Waals surface area (Å²) in [5.41, 5.74) is 1.54. The standard InChI is InChI=1S/C16H18N2O3/c1-21-16(20)14-8-4-5-9-18(14)15(19)12-10-17-13-7-3-2-6-11(12)13/h2-3,6-7,10,14,17H,4-5,8-9H2,1H3/t14-/m1/s1. The molecule has 110 valence electrons. The minimum atomic E-state index is -0.468. The van der Waals surface area contributed by atoms with Crippen LogP contribution in [0, 0.1) is 0 Å². The first-order valence-corrected chi connectivity index (χ1v) is 7.17. The van der Waals surface area contributed by atoms with Crippen molar-refractivity contribution in [2.24, 2.45) is 0 Å². The van der Waals surface area contributed by atoms with Gasteiger partial charge in [0.25, 0.3) is 5.91 Å². The Balaban J connectivity index is 1.94. The molecule has 1 saturated heterocycles. The lowest BCUT2D eigenvalue weighted by molar-refractivity contribution is -0.147. The van der Waals surface area contributed by atoms with Gasteiger partial charge in [-0.05, 0) is 25.3 Å². The summed E-state index contributed by atoms with van der Waals surface area (Å²) in [5.74, 6) is -0.439. The van der Waals surface area contributed by atoms with Gasteiger partial charge in [0, 0.05) is 23.6 Å². The number of aromatic amines is 1. The molecule has 1 atom stereocenters. The van der Waals surface area contributed by atoms with Crippen LogP contribution in [0.5, 0.6) is 0 Å². The number of piperidine rings is 1. The first-order chi connectivity index (χ1) is 10.2. The fourth-order valence-corrected chi connectivity index (χ4v) is 2.96. The zero-order chi connectivity index (χ0) is 14.8. The number of nitrogens with one attached hydrogen (secondary N) is 1. The maximum absolute atomic E-state index is 12.8. The predicted octanol–water partition coefficient (Wildman–Crippen LogP) is 2.34. The smallest absolute Gasteiger partial charge is 0.328 e. The van der Waals surface area contributed by atoms with Crippen LogP contribution in [0.1, 0.15) is 29.6 Å². The van der Waals surface area contributed by atoms with Crippen LogP contribution >= 0.6 is 0 Å². The molecule has 1 aromatic heterocycles. The number of likely N-dealkylation sites (tertiary alicyclic amines) is 1. The molecule has 0 aliphatic carbocycles. The fourth-order valence-electron chi connectivity index (χ4n) is 2.96. The van der Waals surface area contributed by atoms with Gasteiger partial charge in [0.05, 0.1) is 12.7 Å². The van der Waals surface area contributed by atoms with E-state index in [1.165, 1.54) is 7.11 Å². The average molecular weight is 286 g/mol. The minimum Gasteiger partial charge on any atom is -0.467 e. The second-order valence-corrected chi connectivity index (χ2v) is 5.28. The van der Waals surface area contributed by atoms with Gasteiger partial charge in [-0.2, -0.15) is 0 Å². The number of hydrogen-bond donors (Lipinski definition) is 1. The molecule has 0 saturated carbocycles. The van der Waals surface area contributed by atoms with E-state index in [0.717, 1.165) is 23.7 Å². The molecule has 1 N–H and O–H groups in total. The van der Waals surface area contributed by atoms with Crippen molar-refractivity contribution >= 4 is 22.8 Å². The van der Waals surface area contributed by atoms with Gasteiger partial charge >= 0.3 is 5.97 Å². The molecule has 5 heteroatoms. The molecule has 2 aromatic rings. The SMILES string of the molecule is COC(=O)[C@H]1CCCCN1C(=O)c1c[nH]c2ccccc12. The van der Waals surface area contributed by atoms with Crippen molar-refractivity contribution in [2.45, 2.75) is 25.3 Å². The summed E-state index contributed by atoms with van der Waals surface area (Å²) in [7, 11) is 1.37. The summed E-state index contributed by atoms with van der Waals surface area (Å²) in [5, 5.41) is 0.886. The Labute approximate surface area is 122 Å². The minimum absolute atomic E-state index is 0.109. The number of carbonyl (C=O) groups is 2. The van der Waals surface area contributed by atoms with Crippen molar-refractivity contribution in [3.8, 4) is 0 Å². The van der Waals surface area contributed by atoms with Gasteiger partial charge in [-0.1, -0.05) is 18.2 Å². The normalized spacial score (nSPS) is 18.7. The number of para-hydroxylation sites is 1. The lowest BCUT2D eigenvalue weighted by Gasteiger charge is -2.33. The third kappa shape index (κ3) is 2.39. The number of amides is 1. The highest BCUT2D eigenvalue weighted by atomic mass is 16.5. The van der Waals surface area contributed by atoms with Crippen LogP contribution in [-0.4, -0.2) is 41.5 Å². The molecule has 21 heavy (non-hydrogen) atoms. The summed E-state index contributed by atoms with van der Waals surface area (Å²) < 4.78 is 4.83. The number of benzene rings is 1. The Kier molecular flexibility index (Phi) is 3.64. The molecule has 1 amide bonds. The number of nitrogens with zero attached hydrogens (tertiary/aromatic N) is 1. The van der Waals surface area contributed by atoms with Gasteiger partial charge < -0.3 is 14.6 Å². The molecule has 1 aliphatic heterocycles. The van der Waals surface area contributed by atoms with Gasteiger partial charge in [0.2, 0.25) is 0 Å². The summed E-state index contributed by atoms with van der Waals surface area (Å²) in [6.07, 6.45) is 4.25. The second kappa shape index (κ2) is 5.60. The number of aromatic nitrogens is 1. The first kappa shape index (κ1) is 13.7. The topological polar surface area (TPSA) is 62.4 Å². The van der Waals surface area contributed by atoms with Crippen molar-refractivity contribution in [2.75, 3.05) is 13.7 Å². The molecule has 0 unspecified atom stereocenters. The van der Waals surface area contributed by atoms with E-state index in [-0.39, 0.29) is 11.9 Å². The molecule has 2 heterocycles. The van der Waals surface area contributed by atoms with Gasteiger partial charge in [-0.25, -0.2) is 4.79 Å². The zero-order valence-electron chi connectivity index (χ0n) is 12.0. The molecule has 1 aromatic carbocycles. The van der Waals surface area contributed by atoms with Crippen LogP contribution in [0.2, 0.25) is 0 Å². The van der Waals surface area contributed by atoms with E-state index in [0.29, 0.717) is 18.5 Å². The lowest BCUT2D eigenvalue weighted by atomic mass is 10.0. The second-order valence-electron chi connectivity index (χ2n) is 5.28. The van der Waals surface area contributed by atoms with Crippen LogP contribution in [0.15, 0.2) is 30.5 Å². The van der Waals surface area contributed by atoms with Crippen LogP contribution in [-0.2, 0) is 9.53 Å². The summed E-state index contributed by atoms with van der Waals surface area (Å²) >= 11 is 0. The van der Waals surface area contributed by atoms with Crippen molar-refractivity contribution in [3.05, 3.63) is 36.0 Å². The number of H-pyrrole nitrogens is 1. The van der Waals surface area contributed by atoms with Crippen LogP contribution in [0.4, 0.5) is 0 Å². The molecule has 5 nitrogen and oxygen atoms in total. The number of ether oxygens (including phenoxy) is 1. The maximum atomic E-state index is 12.8. The average Bonchev–Trinajstić information content (AvgIpc) is 2.97. The Bertz CT molecular complexity index is 677. The first-order valence-electron chi connectivity index (χ1n) is 7.17. The van der Waals surface area contributed by atoms with E-state index >= 15 is 0 Å². The molecular weight excluding hydrogens is 268 g/mol. The molecule has 0 radical (unpaired) electrons. The zero-order valence-corrected chi connectivity index (χ0v) is 12.0. The molecule has 1 fully saturated rings. The van der Waals surface area contributed by atoms with Crippen LogP contribution < -0.4 is 0 Å². The fraction of sp³-hybridized carbons (Fsp3) is 0.375. The van der Waals surface area contributed by atoms with E-state index in [4.69, 9.17) is 4.74 Å². The quantitative estimate of drug-likeness (QED) is 0.862. The van der Waals surface area contributed by atoms with Crippen molar-refractivity contribution in [1.29, 1.82) is 0 Å². The third-order valence-corrected chi connectivity index (χ3v) is 4.06. The Hall–Kier alpha value is -2.30. The number of methoxy groups -OCH3 is 1. The van der Waals surface area contributed by atoms with Gasteiger partial charge in [-0.15, -0.1) is 0 Å². The van der Waals surface area contributed by atoms with Crippen LogP contribution in [0.25, 0.3) is 10.9 Å². The third-order valence-electron chi connectivity index (χ3n) is 4.06. The number of hydrogen-bond acceptors (Lipinski definition) is 3. The van der Waals surface area contributed by atoms with E-state index in [1.807, 2.05) is 24.3 Å². The Morgan fingerprint density at radius 1 is 1.29 bits per heavy atom. The predicted molar refractivity (Wildman–Crippen MR) is 79.0 cm³/mol. The summed E-state index contributed by atoms with van der Waals surface area (Å²) in [6.45, 7) is 0.595. The molecule has 3 rings (SSSR count). The Morgan fingerprint density at radius 2 is 2.10 bits per heavy atom. The van der Waals surface area contributed by atoms with E-state index < -0.39 is 6.04 Å². The summed E-state index contributed by atoms with van der Waals surface area (Å²) in [4.78, 5) is 29.4. The van der Waals surface area contributed by atoms with Gasteiger partial charge in [-0.3, -0.25) is 4.79 Å². The number of carbonyl (C=O) groups excluding carboxylic acids is 2. The maximum Gasteiger partial charge on any atom is 0.328 e. The monoisotopic (exact) mass is 286 g/mol. The highest BCUT2D eigenvalue weighted by Gasteiger charge is 2.34. The summed E-state index contributed by atoms with van der Waals surface area (Å²) in [6, 6.07) is 7.20. The molecule has 0 bridgehead atoms. The van der Waals surface area contributed by atoms with Crippen molar-refractivity contribution in [3.63, 3.8) is 0 Å². The van der Waals surface area contributed by atoms with Crippen LogP contribution in [0.3, 0.4) is 0 Å². The van der Waals surface area contributed by atoms with E-state index in [1.54, 1.807) is 11.1 Å². The molecule has 0 spiro atoms. The number of esters is 1. The molecule has 1 aliphatic rings. The van der Waals surface area contributed by atoms with E-state index in [2.05, 4.69) is 4.98 Å². The number of rotatable bonds is 2. The van der Waals surface area contributed by atoms with Crippen molar-refractivity contribution < 1.29 is 14.3 Å². The van der Waals surface area contributed by atoms with E-state index in [9.17, 15) is 9.59 Å². The Morgan fingerprint density at radius 3 is 2.90 bits per heavy atom. The number of fused-ring (bicyclic) bond motifs is 1.